The molecule has 11 heteroatoms. The number of aromatic nitrogens is 2. The van der Waals surface area contributed by atoms with E-state index in [2.05, 4.69) is 20.3 Å². The Morgan fingerprint density at radius 3 is 2.78 bits per heavy atom. The van der Waals surface area contributed by atoms with Crippen LogP contribution >= 0.6 is 11.3 Å². The molecule has 0 saturated carbocycles. The summed E-state index contributed by atoms with van der Waals surface area (Å²) in [4.78, 5) is 39.5. The van der Waals surface area contributed by atoms with Gasteiger partial charge in [0, 0.05) is 18.5 Å². The average Bonchev–Trinajstić information content (AvgIpc) is 3.19. The van der Waals surface area contributed by atoms with Gasteiger partial charge in [0.05, 0.1) is 23.9 Å². The van der Waals surface area contributed by atoms with Crippen LogP contribution in [0.25, 0.3) is 11.4 Å². The Morgan fingerprint density at radius 2 is 2.06 bits per heavy atom. The highest BCUT2D eigenvalue weighted by atomic mass is 32.1. The lowest BCUT2D eigenvalue weighted by atomic mass is 9.97. The third-order valence-electron chi connectivity index (χ3n) is 4.67. The molecule has 2 aromatic heterocycles. The molecule has 1 saturated heterocycles. The number of pyridine rings is 1. The third kappa shape index (κ3) is 6.64. The highest BCUT2D eigenvalue weighted by Crippen LogP contribution is 2.25. The van der Waals surface area contributed by atoms with Gasteiger partial charge in [0.15, 0.2) is 5.96 Å². The molecule has 0 radical (unpaired) electrons. The molecule has 2 aromatic rings. The number of guanidine groups is 1. The van der Waals surface area contributed by atoms with Gasteiger partial charge in [-0.05, 0) is 45.7 Å². The number of likely N-dealkylation sites (tertiary alicyclic amines) is 1. The van der Waals surface area contributed by atoms with Crippen LogP contribution in [0, 0.1) is 5.92 Å². The molecular formula is C21H29N7O3S. The van der Waals surface area contributed by atoms with E-state index >= 15 is 0 Å². The third-order valence-corrected chi connectivity index (χ3v) is 5.41. The number of hydrogen-bond donors (Lipinski definition) is 3. The number of nitrogens with two attached hydrogens (primary N) is 2. The van der Waals surface area contributed by atoms with Crippen LogP contribution in [0.1, 0.15) is 39.3 Å². The van der Waals surface area contributed by atoms with E-state index in [0.29, 0.717) is 35.3 Å². The molecule has 0 bridgehead atoms. The largest absolute Gasteiger partial charge is 0.444 e. The van der Waals surface area contributed by atoms with E-state index < -0.39 is 5.60 Å². The van der Waals surface area contributed by atoms with Crippen LogP contribution in [0.4, 0.5) is 9.93 Å². The number of rotatable bonds is 5. The summed E-state index contributed by atoms with van der Waals surface area (Å²) in [6.45, 7) is 6.70. The number of carbonyl (C=O) groups is 2. The lowest BCUT2D eigenvalue weighted by Crippen LogP contribution is -2.46. The maximum atomic E-state index is 12.7. The molecule has 172 valence electrons. The second-order valence-electron chi connectivity index (χ2n) is 8.55. The van der Waals surface area contributed by atoms with Crippen LogP contribution in [0.2, 0.25) is 0 Å². The number of amides is 2. The number of ether oxygens (including phenoxy) is 1. The molecule has 1 unspecified atom stereocenters. The first-order valence-electron chi connectivity index (χ1n) is 10.4. The summed E-state index contributed by atoms with van der Waals surface area (Å²) in [5.74, 6) is -0.433. The Bertz CT molecular complexity index is 995. The van der Waals surface area contributed by atoms with Gasteiger partial charge < -0.3 is 26.4 Å². The zero-order chi connectivity index (χ0) is 23.3. The van der Waals surface area contributed by atoms with Crippen molar-refractivity contribution in [2.24, 2.45) is 22.4 Å². The number of thiazole rings is 1. The smallest absolute Gasteiger partial charge is 0.410 e. The minimum atomic E-state index is -0.565. The average molecular weight is 460 g/mol. The topological polar surface area (TPSA) is 149 Å². The molecule has 3 heterocycles. The van der Waals surface area contributed by atoms with Gasteiger partial charge in [0.2, 0.25) is 11.0 Å². The molecule has 2 amide bonds. The minimum absolute atomic E-state index is 0.0525. The van der Waals surface area contributed by atoms with Crippen LogP contribution in [-0.4, -0.2) is 51.5 Å². The number of nitrogens with one attached hydrogen (secondary N) is 1. The SMILES string of the molecule is CC(C)(C)OC(=O)N1CCCC(C(=O)NCc2cccc(-c3csc(N=C(N)N)n3)n2)C1. The van der Waals surface area contributed by atoms with E-state index in [1.165, 1.54) is 11.3 Å². The first-order valence-corrected chi connectivity index (χ1v) is 11.3. The Kier molecular flexibility index (Phi) is 7.29. The first-order chi connectivity index (χ1) is 15.1. The molecule has 1 aliphatic rings. The van der Waals surface area contributed by atoms with Gasteiger partial charge in [-0.2, -0.15) is 4.99 Å². The molecule has 5 N–H and O–H groups in total. The van der Waals surface area contributed by atoms with Gasteiger partial charge in [0.1, 0.15) is 11.3 Å². The van der Waals surface area contributed by atoms with Crippen molar-refractivity contribution in [1.82, 2.24) is 20.2 Å². The second kappa shape index (κ2) is 9.94. The lowest BCUT2D eigenvalue weighted by Gasteiger charge is -2.33. The highest BCUT2D eigenvalue weighted by Gasteiger charge is 2.30. The Morgan fingerprint density at radius 1 is 1.28 bits per heavy atom. The molecule has 0 aromatic carbocycles. The monoisotopic (exact) mass is 459 g/mol. The van der Waals surface area contributed by atoms with Crippen molar-refractivity contribution in [3.05, 3.63) is 29.3 Å². The van der Waals surface area contributed by atoms with Crippen molar-refractivity contribution in [2.75, 3.05) is 13.1 Å². The molecular weight excluding hydrogens is 430 g/mol. The summed E-state index contributed by atoms with van der Waals surface area (Å²) in [6.07, 6.45) is 1.10. The Hall–Kier alpha value is -3.21. The molecule has 3 rings (SSSR count). The number of nitrogens with zero attached hydrogens (tertiary/aromatic N) is 4. The second-order valence-corrected chi connectivity index (χ2v) is 9.39. The Labute approximate surface area is 191 Å². The normalized spacial score (nSPS) is 16.3. The standard InChI is InChI=1S/C21H29N7O3S/c1-21(2,3)31-20(30)28-9-5-6-13(11-28)17(29)24-10-14-7-4-8-15(25-14)16-12-32-19(26-16)27-18(22)23/h4,7-8,12-13H,5-6,9-11H2,1-3H3,(H,24,29)(H4,22,23,26,27). The predicted octanol–water partition coefficient (Wildman–Crippen LogP) is 2.37. The van der Waals surface area contributed by atoms with Crippen molar-refractivity contribution in [3.8, 4) is 11.4 Å². The zero-order valence-electron chi connectivity index (χ0n) is 18.5. The van der Waals surface area contributed by atoms with Crippen molar-refractivity contribution >= 4 is 34.4 Å². The maximum Gasteiger partial charge on any atom is 0.410 e. The fourth-order valence-corrected chi connectivity index (χ4v) is 3.97. The summed E-state index contributed by atoms with van der Waals surface area (Å²) < 4.78 is 5.43. The van der Waals surface area contributed by atoms with Crippen LogP contribution in [-0.2, 0) is 16.1 Å². The number of hydrogen-bond acceptors (Lipinski definition) is 7. The summed E-state index contributed by atoms with van der Waals surface area (Å²) in [6, 6.07) is 5.52. The van der Waals surface area contributed by atoms with E-state index in [1.54, 1.807) is 4.90 Å². The molecule has 1 fully saturated rings. The van der Waals surface area contributed by atoms with Gasteiger partial charge in [-0.15, -0.1) is 11.3 Å². The molecule has 0 spiro atoms. The fourth-order valence-electron chi connectivity index (χ4n) is 3.27. The van der Waals surface area contributed by atoms with E-state index in [0.717, 1.165) is 12.8 Å². The van der Waals surface area contributed by atoms with Gasteiger partial charge >= 0.3 is 6.09 Å². The van der Waals surface area contributed by atoms with Crippen LogP contribution in [0.3, 0.4) is 0 Å². The fraction of sp³-hybridized carbons (Fsp3) is 0.476. The van der Waals surface area contributed by atoms with E-state index in [1.807, 2.05) is 44.4 Å². The van der Waals surface area contributed by atoms with Crippen molar-refractivity contribution in [1.29, 1.82) is 0 Å². The van der Waals surface area contributed by atoms with Gasteiger partial charge in [-0.25, -0.2) is 14.8 Å². The summed E-state index contributed by atoms with van der Waals surface area (Å²) in [5, 5.41) is 5.20. The van der Waals surface area contributed by atoms with Crippen molar-refractivity contribution in [2.45, 2.75) is 45.8 Å². The summed E-state index contributed by atoms with van der Waals surface area (Å²) >= 11 is 1.31. The van der Waals surface area contributed by atoms with Crippen molar-refractivity contribution < 1.29 is 14.3 Å². The predicted molar refractivity (Wildman–Crippen MR) is 123 cm³/mol. The molecule has 0 aliphatic carbocycles. The lowest BCUT2D eigenvalue weighted by molar-refractivity contribution is -0.126. The van der Waals surface area contributed by atoms with E-state index in [4.69, 9.17) is 16.2 Å². The number of piperidine rings is 1. The quantitative estimate of drug-likeness (QED) is 0.459. The molecule has 1 atom stereocenters. The number of carbonyl (C=O) groups excluding carboxylic acids is 2. The van der Waals surface area contributed by atoms with Gasteiger partial charge in [-0.3, -0.25) is 4.79 Å². The minimum Gasteiger partial charge on any atom is -0.444 e. The van der Waals surface area contributed by atoms with E-state index in [-0.39, 0.29) is 30.4 Å². The molecule has 10 nitrogen and oxygen atoms in total. The summed E-state index contributed by atoms with van der Waals surface area (Å²) in [7, 11) is 0. The van der Waals surface area contributed by atoms with Crippen molar-refractivity contribution in [3.63, 3.8) is 0 Å². The highest BCUT2D eigenvalue weighted by molar-refractivity contribution is 7.13. The van der Waals surface area contributed by atoms with Crippen LogP contribution in [0.15, 0.2) is 28.6 Å². The summed E-state index contributed by atoms with van der Waals surface area (Å²) in [5.41, 5.74) is 12.2. The molecule has 32 heavy (non-hydrogen) atoms. The van der Waals surface area contributed by atoms with Gasteiger partial charge in [0.25, 0.3) is 0 Å². The van der Waals surface area contributed by atoms with E-state index in [9.17, 15) is 9.59 Å². The van der Waals surface area contributed by atoms with Gasteiger partial charge in [-0.1, -0.05) is 6.07 Å². The number of aliphatic imine (C=N–C) groups is 1. The van der Waals surface area contributed by atoms with Crippen LogP contribution in [0.5, 0.6) is 0 Å². The van der Waals surface area contributed by atoms with Crippen LogP contribution < -0.4 is 16.8 Å². The Balaban J connectivity index is 1.58. The zero-order valence-corrected chi connectivity index (χ0v) is 19.3. The first kappa shape index (κ1) is 23.5. The molecule has 1 aliphatic heterocycles. The maximum absolute atomic E-state index is 12.7.